The topological polar surface area (TPSA) is 68.0 Å². The van der Waals surface area contributed by atoms with Crippen LogP contribution in [0.4, 0.5) is 5.69 Å². The van der Waals surface area contributed by atoms with Crippen molar-refractivity contribution in [2.75, 3.05) is 12.3 Å². The van der Waals surface area contributed by atoms with E-state index in [1.807, 2.05) is 6.07 Å². The molecular formula is C16H19N3OS. The number of thiophene rings is 1. The number of amides is 1. The van der Waals surface area contributed by atoms with Gasteiger partial charge in [-0.2, -0.15) is 0 Å². The Hall–Kier alpha value is -1.62. The van der Waals surface area contributed by atoms with Crippen LogP contribution in [0.2, 0.25) is 0 Å². The van der Waals surface area contributed by atoms with Crippen LogP contribution in [0.5, 0.6) is 0 Å². The first-order chi connectivity index (χ1) is 10.2. The van der Waals surface area contributed by atoms with Gasteiger partial charge >= 0.3 is 0 Å². The van der Waals surface area contributed by atoms with Crippen molar-refractivity contribution in [1.29, 1.82) is 0 Å². The minimum absolute atomic E-state index is 0.0278. The lowest BCUT2D eigenvalue weighted by atomic mass is 9.98. The van der Waals surface area contributed by atoms with Crippen molar-refractivity contribution in [2.24, 2.45) is 17.8 Å². The summed E-state index contributed by atoms with van der Waals surface area (Å²) in [5.74, 6) is 2.36. The van der Waals surface area contributed by atoms with Gasteiger partial charge in [0.25, 0.3) is 5.91 Å². The Bertz CT molecular complexity index is 676. The molecule has 0 atom stereocenters. The fraction of sp³-hybridized carbons (Fsp3) is 0.500. The molecule has 0 aliphatic heterocycles. The Balaban J connectivity index is 1.49. The highest BCUT2D eigenvalue weighted by molar-refractivity contribution is 7.21. The number of anilines is 1. The number of rotatable bonds is 5. The first-order valence-electron chi connectivity index (χ1n) is 7.64. The number of pyridine rings is 1. The maximum atomic E-state index is 12.4. The largest absolute Gasteiger partial charge is 0.397 e. The number of nitrogens with one attached hydrogen (secondary N) is 1. The Kier molecular flexibility index (Phi) is 3.10. The Labute approximate surface area is 127 Å². The van der Waals surface area contributed by atoms with Gasteiger partial charge in [-0.15, -0.1) is 11.3 Å². The van der Waals surface area contributed by atoms with Crippen molar-refractivity contribution in [3.63, 3.8) is 0 Å². The molecule has 0 saturated heterocycles. The minimum atomic E-state index is -0.0278. The predicted molar refractivity (Wildman–Crippen MR) is 85.3 cm³/mol. The Morgan fingerprint density at radius 1 is 1.38 bits per heavy atom. The minimum Gasteiger partial charge on any atom is -0.397 e. The fourth-order valence-corrected chi connectivity index (χ4v) is 4.20. The quantitative estimate of drug-likeness (QED) is 0.892. The molecule has 0 unspecified atom stereocenters. The van der Waals surface area contributed by atoms with Crippen molar-refractivity contribution >= 4 is 33.0 Å². The third-order valence-corrected chi connectivity index (χ3v) is 5.85. The van der Waals surface area contributed by atoms with E-state index in [9.17, 15) is 4.79 Å². The maximum Gasteiger partial charge on any atom is 0.263 e. The molecule has 110 valence electrons. The van der Waals surface area contributed by atoms with Crippen LogP contribution in [0.25, 0.3) is 10.1 Å². The summed E-state index contributed by atoms with van der Waals surface area (Å²) in [5, 5.41) is 4.05. The Morgan fingerprint density at radius 2 is 2.10 bits per heavy atom. The zero-order chi connectivity index (χ0) is 14.4. The van der Waals surface area contributed by atoms with Crippen molar-refractivity contribution < 1.29 is 4.79 Å². The monoisotopic (exact) mass is 301 g/mol. The standard InChI is InChI=1S/C16H19N3OS/c17-14-11-5-6-18-8-13(11)21-15(14)16(20)19-7-12(9-1-2-9)10-3-4-10/h5-6,8-10,12H,1-4,7,17H2,(H,19,20). The second kappa shape index (κ2) is 4.98. The summed E-state index contributed by atoms with van der Waals surface area (Å²) in [6, 6.07) is 1.87. The lowest BCUT2D eigenvalue weighted by Gasteiger charge is -2.15. The molecule has 21 heavy (non-hydrogen) atoms. The van der Waals surface area contributed by atoms with Crippen LogP contribution in [0.15, 0.2) is 18.5 Å². The van der Waals surface area contributed by atoms with Gasteiger partial charge in [0.15, 0.2) is 0 Å². The van der Waals surface area contributed by atoms with E-state index in [0.717, 1.165) is 28.5 Å². The number of hydrogen-bond acceptors (Lipinski definition) is 4. The summed E-state index contributed by atoms with van der Waals surface area (Å²) in [6.07, 6.45) is 8.84. The van der Waals surface area contributed by atoms with E-state index in [-0.39, 0.29) is 5.91 Å². The highest BCUT2D eigenvalue weighted by Gasteiger charge is 2.41. The number of aromatic nitrogens is 1. The number of hydrogen-bond donors (Lipinski definition) is 2. The SMILES string of the molecule is Nc1c(C(=O)NCC(C2CC2)C2CC2)sc2cnccc12. The summed E-state index contributed by atoms with van der Waals surface area (Å²) < 4.78 is 0.973. The summed E-state index contributed by atoms with van der Waals surface area (Å²) in [4.78, 5) is 17.1. The van der Waals surface area contributed by atoms with Gasteiger partial charge in [-0.25, -0.2) is 0 Å². The van der Waals surface area contributed by atoms with Gasteiger partial charge in [-0.1, -0.05) is 0 Å². The van der Waals surface area contributed by atoms with Crippen molar-refractivity contribution in [3.8, 4) is 0 Å². The van der Waals surface area contributed by atoms with Crippen LogP contribution in [0.3, 0.4) is 0 Å². The average Bonchev–Trinajstić information content (AvgIpc) is 3.39. The number of nitrogens with zero attached hydrogens (tertiary/aromatic N) is 1. The number of carbonyl (C=O) groups is 1. The molecule has 2 aromatic heterocycles. The summed E-state index contributed by atoms with van der Waals surface area (Å²) in [5.41, 5.74) is 6.70. The first kappa shape index (κ1) is 13.1. The number of carbonyl (C=O) groups excluding carboxylic acids is 1. The van der Waals surface area contributed by atoms with E-state index in [0.29, 0.717) is 16.5 Å². The predicted octanol–water partition coefficient (Wildman–Crippen LogP) is 3.04. The third-order valence-electron chi connectivity index (χ3n) is 4.69. The molecule has 2 heterocycles. The molecule has 1 amide bonds. The first-order valence-corrected chi connectivity index (χ1v) is 8.46. The molecule has 2 aliphatic rings. The van der Waals surface area contributed by atoms with Crippen molar-refractivity contribution in [2.45, 2.75) is 25.7 Å². The Morgan fingerprint density at radius 3 is 2.71 bits per heavy atom. The van der Waals surface area contributed by atoms with Crippen LogP contribution in [-0.2, 0) is 0 Å². The van der Waals surface area contributed by atoms with Crippen LogP contribution in [-0.4, -0.2) is 17.4 Å². The number of nitrogens with two attached hydrogens (primary N) is 1. The molecule has 0 radical (unpaired) electrons. The number of fused-ring (bicyclic) bond motifs is 1. The van der Waals surface area contributed by atoms with E-state index in [1.165, 1.54) is 37.0 Å². The molecule has 3 N–H and O–H groups in total. The van der Waals surface area contributed by atoms with E-state index < -0.39 is 0 Å². The highest BCUT2D eigenvalue weighted by atomic mass is 32.1. The molecule has 4 rings (SSSR count). The third kappa shape index (κ3) is 2.50. The summed E-state index contributed by atoms with van der Waals surface area (Å²) in [6.45, 7) is 0.806. The smallest absolute Gasteiger partial charge is 0.263 e. The molecule has 2 saturated carbocycles. The molecule has 0 aromatic carbocycles. The molecule has 0 spiro atoms. The molecule has 2 aromatic rings. The van der Waals surface area contributed by atoms with Crippen LogP contribution in [0, 0.1) is 17.8 Å². The van der Waals surface area contributed by atoms with Crippen LogP contribution < -0.4 is 11.1 Å². The molecule has 2 aliphatic carbocycles. The molecule has 4 nitrogen and oxygen atoms in total. The summed E-state index contributed by atoms with van der Waals surface area (Å²) >= 11 is 1.43. The summed E-state index contributed by atoms with van der Waals surface area (Å²) in [7, 11) is 0. The van der Waals surface area contributed by atoms with Gasteiger partial charge in [0.05, 0.1) is 10.4 Å². The van der Waals surface area contributed by atoms with Gasteiger partial charge < -0.3 is 11.1 Å². The van der Waals surface area contributed by atoms with Crippen molar-refractivity contribution in [1.82, 2.24) is 10.3 Å². The van der Waals surface area contributed by atoms with Crippen LogP contribution >= 0.6 is 11.3 Å². The lowest BCUT2D eigenvalue weighted by molar-refractivity contribution is 0.0948. The fourth-order valence-electron chi connectivity index (χ4n) is 3.20. The van der Waals surface area contributed by atoms with E-state index in [2.05, 4.69) is 10.3 Å². The second-order valence-electron chi connectivity index (χ2n) is 6.27. The molecule has 2 fully saturated rings. The number of nitrogen functional groups attached to an aromatic ring is 1. The molecule has 5 heteroatoms. The van der Waals surface area contributed by atoms with Gasteiger partial charge in [0, 0.05) is 24.3 Å². The normalized spacial score (nSPS) is 18.3. The van der Waals surface area contributed by atoms with Gasteiger partial charge in [-0.05, 0) is 49.5 Å². The molecular weight excluding hydrogens is 282 g/mol. The lowest BCUT2D eigenvalue weighted by Crippen LogP contribution is -2.31. The van der Waals surface area contributed by atoms with Gasteiger partial charge in [0.2, 0.25) is 0 Å². The second-order valence-corrected chi connectivity index (χ2v) is 7.32. The average molecular weight is 301 g/mol. The van der Waals surface area contributed by atoms with E-state index in [4.69, 9.17) is 5.73 Å². The van der Waals surface area contributed by atoms with E-state index >= 15 is 0 Å². The van der Waals surface area contributed by atoms with Gasteiger partial charge in [0.1, 0.15) is 4.88 Å². The van der Waals surface area contributed by atoms with Crippen LogP contribution in [0.1, 0.15) is 35.4 Å². The molecule has 0 bridgehead atoms. The van der Waals surface area contributed by atoms with E-state index in [1.54, 1.807) is 12.4 Å². The highest BCUT2D eigenvalue weighted by Crippen LogP contribution is 2.48. The maximum absolute atomic E-state index is 12.4. The van der Waals surface area contributed by atoms with Gasteiger partial charge in [-0.3, -0.25) is 9.78 Å². The zero-order valence-corrected chi connectivity index (χ0v) is 12.7. The zero-order valence-electron chi connectivity index (χ0n) is 11.8. The van der Waals surface area contributed by atoms with Crippen molar-refractivity contribution in [3.05, 3.63) is 23.3 Å².